The van der Waals surface area contributed by atoms with E-state index < -0.39 is 0 Å². The van der Waals surface area contributed by atoms with Crippen LogP contribution in [0.2, 0.25) is 5.02 Å². The zero-order valence-corrected chi connectivity index (χ0v) is 13.1. The molecule has 0 spiro atoms. The molecule has 0 radical (unpaired) electrons. The van der Waals surface area contributed by atoms with Crippen LogP contribution in [0.5, 0.6) is 0 Å². The van der Waals surface area contributed by atoms with Gasteiger partial charge in [0.2, 0.25) is 5.91 Å². The number of carbonyl (C=O) groups excluding carboxylic acids is 1. The standard InChI is InChI=1S/C17H24ClNO/c1-12(2)16(13-8-10-14(18)11-9-13)17(20)19-15-6-4-3-5-7-15/h8-12,15-16H,3-7H2,1-2H3,(H,19,20)/t16-/m1/s1. The SMILES string of the molecule is CC(C)[C@@H](C(=O)NC1CCCCC1)c1ccc(Cl)cc1. The Bertz CT molecular complexity index is 435. The first-order chi connectivity index (χ1) is 9.58. The second-order valence-electron chi connectivity index (χ2n) is 6.12. The Morgan fingerprint density at radius 1 is 1.15 bits per heavy atom. The molecule has 0 saturated heterocycles. The quantitative estimate of drug-likeness (QED) is 0.868. The summed E-state index contributed by atoms with van der Waals surface area (Å²) in [7, 11) is 0. The molecule has 0 bridgehead atoms. The van der Waals surface area contributed by atoms with Gasteiger partial charge in [0.15, 0.2) is 0 Å². The molecule has 1 aromatic rings. The number of carbonyl (C=O) groups is 1. The Hall–Kier alpha value is -1.02. The fraction of sp³-hybridized carbons (Fsp3) is 0.588. The summed E-state index contributed by atoms with van der Waals surface area (Å²) in [4.78, 5) is 12.6. The number of hydrogen-bond donors (Lipinski definition) is 1. The molecule has 1 aromatic carbocycles. The molecule has 1 aliphatic rings. The van der Waals surface area contributed by atoms with Crippen LogP contribution in [-0.4, -0.2) is 11.9 Å². The largest absolute Gasteiger partial charge is 0.353 e. The maximum Gasteiger partial charge on any atom is 0.228 e. The molecule has 1 fully saturated rings. The molecule has 2 nitrogen and oxygen atoms in total. The average Bonchev–Trinajstić information content (AvgIpc) is 2.42. The number of nitrogens with one attached hydrogen (secondary N) is 1. The number of rotatable bonds is 4. The van der Waals surface area contributed by atoms with Gasteiger partial charge in [-0.3, -0.25) is 4.79 Å². The first kappa shape index (κ1) is 15.4. The second-order valence-corrected chi connectivity index (χ2v) is 6.55. The summed E-state index contributed by atoms with van der Waals surface area (Å²) in [6.45, 7) is 4.19. The lowest BCUT2D eigenvalue weighted by molar-refractivity contribution is -0.124. The van der Waals surface area contributed by atoms with Gasteiger partial charge in [-0.15, -0.1) is 0 Å². The number of benzene rings is 1. The first-order valence-electron chi connectivity index (χ1n) is 7.64. The van der Waals surface area contributed by atoms with Crippen LogP contribution in [0.3, 0.4) is 0 Å². The Morgan fingerprint density at radius 2 is 1.75 bits per heavy atom. The highest BCUT2D eigenvalue weighted by Gasteiger charge is 2.26. The molecule has 2 rings (SSSR count). The Labute approximate surface area is 126 Å². The molecule has 20 heavy (non-hydrogen) atoms. The minimum absolute atomic E-state index is 0.0887. The summed E-state index contributed by atoms with van der Waals surface area (Å²) in [6, 6.07) is 8.02. The van der Waals surface area contributed by atoms with Gasteiger partial charge in [0.1, 0.15) is 0 Å². The lowest BCUT2D eigenvalue weighted by Crippen LogP contribution is -2.40. The maximum absolute atomic E-state index is 12.6. The van der Waals surface area contributed by atoms with Crippen LogP contribution in [-0.2, 0) is 4.79 Å². The summed E-state index contributed by atoms with van der Waals surface area (Å²) >= 11 is 5.93. The fourth-order valence-corrected chi connectivity index (χ4v) is 3.17. The van der Waals surface area contributed by atoms with Crippen molar-refractivity contribution in [1.82, 2.24) is 5.32 Å². The van der Waals surface area contributed by atoms with E-state index in [1.54, 1.807) is 0 Å². The summed E-state index contributed by atoms with van der Waals surface area (Å²) in [5.41, 5.74) is 1.05. The molecule has 1 N–H and O–H groups in total. The van der Waals surface area contributed by atoms with Gasteiger partial charge in [0, 0.05) is 11.1 Å². The number of amides is 1. The zero-order chi connectivity index (χ0) is 14.5. The molecule has 0 aromatic heterocycles. The number of halogens is 1. The minimum atomic E-state index is -0.0887. The topological polar surface area (TPSA) is 29.1 Å². The van der Waals surface area contributed by atoms with Crippen LogP contribution < -0.4 is 5.32 Å². The normalized spacial score (nSPS) is 18.0. The third-order valence-electron chi connectivity index (χ3n) is 4.13. The highest BCUT2D eigenvalue weighted by molar-refractivity contribution is 6.30. The van der Waals surface area contributed by atoms with Gasteiger partial charge >= 0.3 is 0 Å². The second kappa shape index (κ2) is 7.12. The summed E-state index contributed by atoms with van der Waals surface area (Å²) in [5, 5.41) is 3.95. The van der Waals surface area contributed by atoms with E-state index in [0.717, 1.165) is 18.4 Å². The van der Waals surface area contributed by atoms with Gasteiger partial charge < -0.3 is 5.32 Å². The van der Waals surface area contributed by atoms with Crippen LogP contribution in [0.4, 0.5) is 0 Å². The van der Waals surface area contributed by atoms with Crippen LogP contribution in [0.1, 0.15) is 57.4 Å². The smallest absolute Gasteiger partial charge is 0.228 e. The van der Waals surface area contributed by atoms with Crippen LogP contribution in [0.25, 0.3) is 0 Å². The van der Waals surface area contributed by atoms with Crippen molar-refractivity contribution in [3.8, 4) is 0 Å². The molecule has 1 aliphatic carbocycles. The van der Waals surface area contributed by atoms with Crippen LogP contribution in [0.15, 0.2) is 24.3 Å². The van der Waals surface area contributed by atoms with E-state index in [1.165, 1.54) is 19.3 Å². The van der Waals surface area contributed by atoms with E-state index >= 15 is 0 Å². The molecule has 110 valence electrons. The van der Waals surface area contributed by atoms with Crippen LogP contribution in [0, 0.1) is 5.92 Å². The lowest BCUT2D eigenvalue weighted by atomic mass is 9.86. The fourth-order valence-electron chi connectivity index (χ4n) is 3.05. The van der Waals surface area contributed by atoms with E-state index in [9.17, 15) is 4.79 Å². The number of hydrogen-bond acceptors (Lipinski definition) is 1. The molecular formula is C17H24ClNO. The highest BCUT2D eigenvalue weighted by atomic mass is 35.5. The maximum atomic E-state index is 12.6. The Morgan fingerprint density at radius 3 is 2.30 bits per heavy atom. The third kappa shape index (κ3) is 3.99. The molecule has 3 heteroatoms. The van der Waals surface area contributed by atoms with Gasteiger partial charge in [0.05, 0.1) is 5.92 Å². The van der Waals surface area contributed by atoms with Gasteiger partial charge in [-0.05, 0) is 36.5 Å². The summed E-state index contributed by atoms with van der Waals surface area (Å²) in [6.07, 6.45) is 6.02. The van der Waals surface area contributed by atoms with Crippen molar-refractivity contribution in [1.29, 1.82) is 0 Å². The van der Waals surface area contributed by atoms with Gasteiger partial charge in [-0.1, -0.05) is 56.8 Å². The average molecular weight is 294 g/mol. The zero-order valence-electron chi connectivity index (χ0n) is 12.4. The van der Waals surface area contributed by atoms with E-state index in [4.69, 9.17) is 11.6 Å². The summed E-state index contributed by atoms with van der Waals surface area (Å²) < 4.78 is 0. The minimum Gasteiger partial charge on any atom is -0.353 e. The monoisotopic (exact) mass is 293 g/mol. The molecule has 0 unspecified atom stereocenters. The van der Waals surface area contributed by atoms with Gasteiger partial charge in [0.25, 0.3) is 0 Å². The lowest BCUT2D eigenvalue weighted by Gasteiger charge is -2.27. The van der Waals surface area contributed by atoms with Crippen molar-refractivity contribution in [2.45, 2.75) is 57.9 Å². The molecule has 0 heterocycles. The van der Waals surface area contributed by atoms with Gasteiger partial charge in [-0.25, -0.2) is 0 Å². The van der Waals surface area contributed by atoms with Crippen molar-refractivity contribution in [2.24, 2.45) is 5.92 Å². The van der Waals surface area contributed by atoms with E-state index in [0.29, 0.717) is 11.1 Å². The molecule has 1 saturated carbocycles. The van der Waals surface area contributed by atoms with E-state index in [2.05, 4.69) is 19.2 Å². The third-order valence-corrected chi connectivity index (χ3v) is 4.38. The van der Waals surface area contributed by atoms with E-state index in [-0.39, 0.29) is 17.7 Å². The molecule has 1 amide bonds. The molecular weight excluding hydrogens is 270 g/mol. The van der Waals surface area contributed by atoms with E-state index in [1.807, 2.05) is 24.3 Å². The molecule has 1 atom stereocenters. The van der Waals surface area contributed by atoms with Crippen molar-refractivity contribution in [3.63, 3.8) is 0 Å². The Kier molecular flexibility index (Phi) is 5.47. The van der Waals surface area contributed by atoms with Crippen molar-refractivity contribution in [2.75, 3.05) is 0 Å². The van der Waals surface area contributed by atoms with Gasteiger partial charge in [-0.2, -0.15) is 0 Å². The van der Waals surface area contributed by atoms with Crippen molar-refractivity contribution < 1.29 is 4.79 Å². The Balaban J connectivity index is 2.07. The predicted molar refractivity (Wildman–Crippen MR) is 84.0 cm³/mol. The predicted octanol–water partition coefficient (Wildman–Crippen LogP) is 4.53. The van der Waals surface area contributed by atoms with Crippen molar-refractivity contribution in [3.05, 3.63) is 34.9 Å². The van der Waals surface area contributed by atoms with Crippen molar-refractivity contribution >= 4 is 17.5 Å². The summed E-state index contributed by atoms with van der Waals surface area (Å²) in [5.74, 6) is 0.350. The van der Waals surface area contributed by atoms with Crippen LogP contribution >= 0.6 is 11.6 Å². The highest BCUT2D eigenvalue weighted by Crippen LogP contribution is 2.27. The molecule has 0 aliphatic heterocycles. The first-order valence-corrected chi connectivity index (χ1v) is 8.01.